The normalized spacial score (nSPS) is 11.2. The van der Waals surface area contributed by atoms with E-state index in [1.165, 1.54) is 5.56 Å². The van der Waals surface area contributed by atoms with Crippen LogP contribution in [0.3, 0.4) is 0 Å². The summed E-state index contributed by atoms with van der Waals surface area (Å²) in [6.45, 7) is 5.71. The Balaban J connectivity index is 1.58. The maximum atomic E-state index is 12.1. The van der Waals surface area contributed by atoms with Crippen LogP contribution in [0, 0.1) is 13.8 Å². The standard InChI is InChI=1S/C24H24N2O2/c1-17-8-7-9-18(2)24(17)28-16-23(27)26-25-19(3)20-12-14-22(15-13-20)21-10-5-4-6-11-21/h4-15H,16H2,1-3H3,(H,26,27)/b25-19-. The highest BCUT2D eigenvalue weighted by Crippen LogP contribution is 2.22. The summed E-state index contributed by atoms with van der Waals surface area (Å²) in [7, 11) is 0. The molecule has 0 atom stereocenters. The third kappa shape index (κ3) is 4.86. The molecule has 0 aliphatic heterocycles. The van der Waals surface area contributed by atoms with E-state index in [-0.39, 0.29) is 12.5 Å². The van der Waals surface area contributed by atoms with Gasteiger partial charge in [-0.1, -0.05) is 72.8 Å². The Labute approximate surface area is 165 Å². The quantitative estimate of drug-likeness (QED) is 0.495. The molecule has 3 aromatic rings. The molecule has 3 aromatic carbocycles. The third-order valence-electron chi connectivity index (χ3n) is 4.51. The van der Waals surface area contributed by atoms with Crippen molar-refractivity contribution >= 4 is 11.6 Å². The topological polar surface area (TPSA) is 50.7 Å². The lowest BCUT2D eigenvalue weighted by atomic mass is 10.0. The molecule has 0 aliphatic rings. The van der Waals surface area contributed by atoms with Crippen LogP contribution in [0.1, 0.15) is 23.6 Å². The monoisotopic (exact) mass is 372 g/mol. The van der Waals surface area contributed by atoms with Gasteiger partial charge in [0.15, 0.2) is 6.61 Å². The Bertz CT molecular complexity index is 957. The molecule has 4 heteroatoms. The number of para-hydroxylation sites is 1. The van der Waals surface area contributed by atoms with Crippen LogP contribution in [-0.4, -0.2) is 18.2 Å². The van der Waals surface area contributed by atoms with E-state index in [0.29, 0.717) is 0 Å². The van der Waals surface area contributed by atoms with Gasteiger partial charge in [-0.2, -0.15) is 5.10 Å². The molecule has 0 aromatic heterocycles. The molecule has 0 unspecified atom stereocenters. The van der Waals surface area contributed by atoms with Gasteiger partial charge in [0.1, 0.15) is 5.75 Å². The van der Waals surface area contributed by atoms with E-state index in [1.54, 1.807) is 0 Å². The van der Waals surface area contributed by atoms with E-state index < -0.39 is 0 Å². The van der Waals surface area contributed by atoms with Gasteiger partial charge in [-0.15, -0.1) is 0 Å². The van der Waals surface area contributed by atoms with Crippen molar-refractivity contribution in [3.05, 3.63) is 89.5 Å². The fourth-order valence-electron chi connectivity index (χ4n) is 2.94. The summed E-state index contributed by atoms with van der Waals surface area (Å²) >= 11 is 0. The lowest BCUT2D eigenvalue weighted by Crippen LogP contribution is -2.26. The summed E-state index contributed by atoms with van der Waals surface area (Å²) in [5.41, 5.74) is 8.57. The molecule has 0 aliphatic carbocycles. The minimum atomic E-state index is -0.289. The number of hydrogen-bond donors (Lipinski definition) is 1. The van der Waals surface area contributed by atoms with Crippen molar-refractivity contribution in [2.75, 3.05) is 6.61 Å². The molecule has 4 nitrogen and oxygen atoms in total. The lowest BCUT2D eigenvalue weighted by Gasteiger charge is -2.11. The van der Waals surface area contributed by atoms with Crippen molar-refractivity contribution in [1.29, 1.82) is 0 Å². The van der Waals surface area contributed by atoms with E-state index >= 15 is 0 Å². The maximum Gasteiger partial charge on any atom is 0.277 e. The molecule has 142 valence electrons. The smallest absolute Gasteiger partial charge is 0.277 e. The van der Waals surface area contributed by atoms with Gasteiger partial charge in [0.25, 0.3) is 5.91 Å². The van der Waals surface area contributed by atoms with Crippen molar-refractivity contribution < 1.29 is 9.53 Å². The van der Waals surface area contributed by atoms with Crippen molar-refractivity contribution in [3.8, 4) is 16.9 Å². The van der Waals surface area contributed by atoms with Gasteiger partial charge in [0, 0.05) is 0 Å². The number of rotatable bonds is 6. The number of carbonyl (C=O) groups is 1. The van der Waals surface area contributed by atoms with E-state index in [2.05, 4.69) is 34.8 Å². The first-order valence-electron chi connectivity index (χ1n) is 9.22. The molecule has 1 N–H and O–H groups in total. The summed E-state index contributed by atoms with van der Waals surface area (Å²) in [4.78, 5) is 12.1. The number of ether oxygens (including phenoxy) is 1. The largest absolute Gasteiger partial charge is 0.483 e. The average Bonchev–Trinajstić information content (AvgIpc) is 2.72. The summed E-state index contributed by atoms with van der Waals surface area (Å²) in [6, 6.07) is 24.2. The molecule has 0 heterocycles. The molecule has 3 rings (SSSR count). The van der Waals surface area contributed by atoms with Crippen LogP contribution in [0.25, 0.3) is 11.1 Å². The van der Waals surface area contributed by atoms with Crippen LogP contribution >= 0.6 is 0 Å². The number of aryl methyl sites for hydroxylation is 2. The summed E-state index contributed by atoms with van der Waals surface area (Å²) in [5, 5.41) is 4.19. The molecular formula is C24H24N2O2. The molecule has 0 saturated carbocycles. The fraction of sp³-hybridized carbons (Fsp3) is 0.167. The minimum absolute atomic E-state index is 0.0740. The van der Waals surface area contributed by atoms with Gasteiger partial charge in [-0.05, 0) is 48.6 Å². The molecule has 0 radical (unpaired) electrons. The SMILES string of the molecule is C/C(=N/NC(=O)COc1c(C)cccc1C)c1ccc(-c2ccccc2)cc1. The van der Waals surface area contributed by atoms with Gasteiger partial charge in [0.2, 0.25) is 0 Å². The molecule has 28 heavy (non-hydrogen) atoms. The number of hydrazone groups is 1. The zero-order valence-electron chi connectivity index (χ0n) is 16.4. The second kappa shape index (κ2) is 9.00. The van der Waals surface area contributed by atoms with E-state index in [4.69, 9.17) is 4.74 Å². The van der Waals surface area contributed by atoms with Crippen molar-refractivity contribution in [2.24, 2.45) is 5.10 Å². The van der Waals surface area contributed by atoms with Crippen LogP contribution in [0.5, 0.6) is 5.75 Å². The Hall–Kier alpha value is -3.40. The van der Waals surface area contributed by atoms with Gasteiger partial charge < -0.3 is 4.74 Å². The van der Waals surface area contributed by atoms with Crippen LogP contribution in [0.2, 0.25) is 0 Å². The number of nitrogens with zero attached hydrogens (tertiary/aromatic N) is 1. The second-order valence-corrected chi connectivity index (χ2v) is 6.69. The van der Waals surface area contributed by atoms with E-state index in [1.807, 2.05) is 69.3 Å². The van der Waals surface area contributed by atoms with Crippen LogP contribution in [0.15, 0.2) is 77.9 Å². The zero-order valence-corrected chi connectivity index (χ0v) is 16.4. The number of benzene rings is 3. The Morgan fingerprint density at radius 1 is 0.857 bits per heavy atom. The lowest BCUT2D eigenvalue weighted by molar-refractivity contribution is -0.123. The van der Waals surface area contributed by atoms with Gasteiger partial charge >= 0.3 is 0 Å². The van der Waals surface area contributed by atoms with E-state index in [0.717, 1.165) is 33.7 Å². The van der Waals surface area contributed by atoms with Gasteiger partial charge in [-0.25, -0.2) is 5.43 Å². The summed E-state index contributed by atoms with van der Waals surface area (Å²) in [5.74, 6) is 0.456. The maximum absolute atomic E-state index is 12.1. The van der Waals surface area contributed by atoms with Crippen molar-refractivity contribution in [3.63, 3.8) is 0 Å². The highest BCUT2D eigenvalue weighted by atomic mass is 16.5. The molecular weight excluding hydrogens is 348 g/mol. The Morgan fingerprint density at radius 3 is 2.11 bits per heavy atom. The zero-order chi connectivity index (χ0) is 19.9. The Morgan fingerprint density at radius 2 is 1.46 bits per heavy atom. The van der Waals surface area contributed by atoms with Crippen LogP contribution in [-0.2, 0) is 4.79 Å². The summed E-state index contributed by atoms with van der Waals surface area (Å²) in [6.07, 6.45) is 0. The summed E-state index contributed by atoms with van der Waals surface area (Å²) < 4.78 is 5.65. The van der Waals surface area contributed by atoms with Crippen molar-refractivity contribution in [1.82, 2.24) is 5.43 Å². The Kier molecular flexibility index (Phi) is 6.22. The highest BCUT2D eigenvalue weighted by molar-refractivity contribution is 5.99. The first-order chi connectivity index (χ1) is 13.5. The predicted octanol–water partition coefficient (Wildman–Crippen LogP) is 4.89. The van der Waals surface area contributed by atoms with Gasteiger partial charge in [0.05, 0.1) is 5.71 Å². The minimum Gasteiger partial charge on any atom is -0.483 e. The highest BCUT2D eigenvalue weighted by Gasteiger charge is 2.07. The molecule has 0 bridgehead atoms. The number of amides is 1. The first kappa shape index (κ1) is 19.4. The molecule has 1 amide bonds. The van der Waals surface area contributed by atoms with Crippen LogP contribution in [0.4, 0.5) is 0 Å². The molecule has 0 spiro atoms. The predicted molar refractivity (Wildman–Crippen MR) is 114 cm³/mol. The van der Waals surface area contributed by atoms with Crippen LogP contribution < -0.4 is 10.2 Å². The number of carbonyl (C=O) groups excluding carboxylic acids is 1. The van der Waals surface area contributed by atoms with E-state index in [9.17, 15) is 4.79 Å². The first-order valence-corrected chi connectivity index (χ1v) is 9.22. The number of nitrogens with one attached hydrogen (secondary N) is 1. The third-order valence-corrected chi connectivity index (χ3v) is 4.51. The average molecular weight is 372 g/mol. The molecule has 0 saturated heterocycles. The molecule has 0 fully saturated rings. The fourth-order valence-corrected chi connectivity index (χ4v) is 2.94. The second-order valence-electron chi connectivity index (χ2n) is 6.69. The van der Waals surface area contributed by atoms with Gasteiger partial charge in [-0.3, -0.25) is 4.79 Å². The number of hydrogen-bond acceptors (Lipinski definition) is 3. The van der Waals surface area contributed by atoms with Crippen molar-refractivity contribution in [2.45, 2.75) is 20.8 Å².